The third-order valence-electron chi connectivity index (χ3n) is 2.79. The van der Waals surface area contributed by atoms with Gasteiger partial charge < -0.3 is 4.74 Å². The molecule has 0 spiro atoms. The average molecular weight is 360 g/mol. The fourth-order valence-electron chi connectivity index (χ4n) is 1.69. The van der Waals surface area contributed by atoms with Crippen molar-refractivity contribution in [1.82, 2.24) is 0 Å². The number of hydrogen-bond donors (Lipinski definition) is 0. The van der Waals surface area contributed by atoms with Crippen molar-refractivity contribution < 1.29 is 9.53 Å². The maximum absolute atomic E-state index is 11.8. The third kappa shape index (κ3) is 6.50. The second kappa shape index (κ2) is 9.50. The van der Waals surface area contributed by atoms with E-state index >= 15 is 0 Å². The quantitative estimate of drug-likeness (QED) is 0.369. The van der Waals surface area contributed by atoms with Gasteiger partial charge in [0.1, 0.15) is 6.61 Å². The van der Waals surface area contributed by atoms with E-state index in [1.165, 1.54) is 25.7 Å². The number of carbonyl (C=O) groups excluding carboxylic acids is 1. The molecule has 18 heavy (non-hydrogen) atoms. The lowest BCUT2D eigenvalue weighted by Crippen LogP contribution is -2.09. The van der Waals surface area contributed by atoms with E-state index in [2.05, 4.69) is 29.5 Å². The van der Waals surface area contributed by atoms with Gasteiger partial charge in [-0.3, -0.25) is 4.79 Å². The molecule has 0 radical (unpaired) electrons. The molecule has 0 unspecified atom stereocenters. The molecule has 0 saturated heterocycles. The van der Waals surface area contributed by atoms with Crippen molar-refractivity contribution in [3.8, 4) is 0 Å². The van der Waals surface area contributed by atoms with Gasteiger partial charge in [-0.1, -0.05) is 44.7 Å². The molecule has 1 rings (SSSR count). The van der Waals surface area contributed by atoms with Gasteiger partial charge in [-0.15, -0.1) is 0 Å². The Balaban J connectivity index is 2.12. The third-order valence-corrected chi connectivity index (χ3v) is 3.51. The van der Waals surface area contributed by atoms with Crippen molar-refractivity contribution in [2.75, 3.05) is 13.2 Å². The van der Waals surface area contributed by atoms with Crippen molar-refractivity contribution in [1.29, 1.82) is 0 Å². The molecule has 3 heteroatoms. The summed E-state index contributed by atoms with van der Waals surface area (Å²) < 4.78 is 6.55. The van der Waals surface area contributed by atoms with Crippen molar-refractivity contribution in [3.05, 3.63) is 33.4 Å². The summed E-state index contributed by atoms with van der Waals surface area (Å²) in [5.41, 5.74) is 0.737. The van der Waals surface area contributed by atoms with Crippen LogP contribution in [-0.2, 0) is 4.74 Å². The summed E-state index contributed by atoms with van der Waals surface area (Å²) in [6.07, 6.45) is 6.07. The number of carbonyl (C=O) groups is 1. The van der Waals surface area contributed by atoms with Gasteiger partial charge in [0.15, 0.2) is 5.78 Å². The largest absolute Gasteiger partial charge is 0.373 e. The van der Waals surface area contributed by atoms with Gasteiger partial charge in [0.2, 0.25) is 0 Å². The van der Waals surface area contributed by atoms with Crippen molar-refractivity contribution in [2.24, 2.45) is 0 Å². The molecule has 0 amide bonds. The number of unbranched alkanes of at least 4 members (excludes halogenated alkanes) is 4. The van der Waals surface area contributed by atoms with Gasteiger partial charge in [-0.05, 0) is 41.1 Å². The standard InChI is InChI=1S/C15H21IO2/c1-2-3-4-5-6-11-18-12-15(17)13-7-9-14(16)10-8-13/h7-10H,2-6,11-12H2,1H3. The average Bonchev–Trinajstić information content (AvgIpc) is 2.38. The summed E-state index contributed by atoms with van der Waals surface area (Å²) in [6, 6.07) is 7.60. The van der Waals surface area contributed by atoms with Crippen LogP contribution in [0.4, 0.5) is 0 Å². The molecule has 0 heterocycles. The number of ether oxygens (including phenoxy) is 1. The van der Waals surface area contributed by atoms with Crippen LogP contribution >= 0.6 is 22.6 Å². The molecule has 0 aliphatic rings. The Morgan fingerprint density at radius 1 is 1.11 bits per heavy atom. The Morgan fingerprint density at radius 3 is 2.44 bits per heavy atom. The van der Waals surface area contributed by atoms with E-state index in [4.69, 9.17) is 4.74 Å². The number of halogens is 1. The summed E-state index contributed by atoms with van der Waals surface area (Å²) >= 11 is 2.23. The molecular formula is C15H21IO2. The van der Waals surface area contributed by atoms with Crippen molar-refractivity contribution in [2.45, 2.75) is 39.0 Å². The lowest BCUT2D eigenvalue weighted by Gasteiger charge is -2.04. The van der Waals surface area contributed by atoms with E-state index in [1.807, 2.05) is 24.3 Å². The van der Waals surface area contributed by atoms with Gasteiger partial charge in [-0.25, -0.2) is 0 Å². The zero-order chi connectivity index (χ0) is 13.2. The van der Waals surface area contributed by atoms with Gasteiger partial charge in [-0.2, -0.15) is 0 Å². The molecule has 2 nitrogen and oxygen atoms in total. The Kier molecular flexibility index (Phi) is 8.25. The molecule has 0 fully saturated rings. The first-order chi connectivity index (χ1) is 8.74. The molecule has 0 N–H and O–H groups in total. The highest BCUT2D eigenvalue weighted by Gasteiger charge is 2.05. The van der Waals surface area contributed by atoms with Gasteiger partial charge >= 0.3 is 0 Å². The van der Waals surface area contributed by atoms with E-state index in [0.717, 1.165) is 15.6 Å². The van der Waals surface area contributed by atoms with Crippen LogP contribution in [0.1, 0.15) is 49.4 Å². The molecule has 0 saturated carbocycles. The van der Waals surface area contributed by atoms with Gasteiger partial charge in [0.05, 0.1) is 0 Å². The van der Waals surface area contributed by atoms with Crippen LogP contribution in [0.15, 0.2) is 24.3 Å². The molecule has 0 aromatic heterocycles. The number of benzene rings is 1. The smallest absolute Gasteiger partial charge is 0.188 e. The minimum absolute atomic E-state index is 0.0694. The maximum Gasteiger partial charge on any atom is 0.188 e. The lowest BCUT2D eigenvalue weighted by molar-refractivity contribution is 0.0752. The van der Waals surface area contributed by atoms with E-state index in [9.17, 15) is 4.79 Å². The number of rotatable bonds is 9. The topological polar surface area (TPSA) is 26.3 Å². The van der Waals surface area contributed by atoms with Crippen LogP contribution < -0.4 is 0 Å². The summed E-state index contributed by atoms with van der Waals surface area (Å²) in [7, 11) is 0. The first-order valence-electron chi connectivity index (χ1n) is 6.60. The maximum atomic E-state index is 11.8. The highest BCUT2D eigenvalue weighted by atomic mass is 127. The second-order valence-electron chi connectivity index (χ2n) is 4.40. The van der Waals surface area contributed by atoms with E-state index in [-0.39, 0.29) is 12.4 Å². The Hall–Kier alpha value is -0.420. The first-order valence-corrected chi connectivity index (χ1v) is 7.68. The number of Topliss-reactive ketones (excluding diaryl/α,β-unsaturated/α-hetero) is 1. The van der Waals surface area contributed by atoms with Crippen LogP contribution in [0.25, 0.3) is 0 Å². The van der Waals surface area contributed by atoms with E-state index in [1.54, 1.807) is 0 Å². The van der Waals surface area contributed by atoms with Crippen LogP contribution in [-0.4, -0.2) is 19.0 Å². The van der Waals surface area contributed by atoms with Crippen molar-refractivity contribution in [3.63, 3.8) is 0 Å². The number of hydrogen-bond acceptors (Lipinski definition) is 2. The molecule has 0 aliphatic carbocycles. The van der Waals surface area contributed by atoms with Gasteiger partial charge in [0.25, 0.3) is 0 Å². The molecule has 1 aromatic carbocycles. The molecule has 0 aliphatic heterocycles. The SMILES string of the molecule is CCCCCCCOCC(=O)c1ccc(I)cc1. The van der Waals surface area contributed by atoms with E-state index < -0.39 is 0 Å². The van der Waals surface area contributed by atoms with Gasteiger partial charge in [0, 0.05) is 15.7 Å². The summed E-state index contributed by atoms with van der Waals surface area (Å²) in [5.74, 6) is 0.0694. The second-order valence-corrected chi connectivity index (χ2v) is 5.64. The molecular weight excluding hydrogens is 339 g/mol. The van der Waals surface area contributed by atoms with Crippen LogP contribution in [0, 0.1) is 3.57 Å². The minimum atomic E-state index is 0.0694. The molecule has 100 valence electrons. The number of ketones is 1. The fraction of sp³-hybridized carbons (Fsp3) is 0.533. The minimum Gasteiger partial charge on any atom is -0.373 e. The zero-order valence-electron chi connectivity index (χ0n) is 11.0. The summed E-state index contributed by atoms with van der Waals surface area (Å²) in [5, 5.41) is 0. The van der Waals surface area contributed by atoms with Crippen molar-refractivity contribution >= 4 is 28.4 Å². The Bertz CT molecular complexity index is 346. The highest BCUT2D eigenvalue weighted by Crippen LogP contribution is 2.08. The highest BCUT2D eigenvalue weighted by molar-refractivity contribution is 14.1. The normalized spacial score (nSPS) is 10.6. The van der Waals surface area contributed by atoms with Crippen LogP contribution in [0.5, 0.6) is 0 Å². The fourth-order valence-corrected chi connectivity index (χ4v) is 2.05. The Labute approximate surface area is 123 Å². The zero-order valence-corrected chi connectivity index (χ0v) is 13.1. The Morgan fingerprint density at radius 2 is 1.78 bits per heavy atom. The molecule has 0 bridgehead atoms. The van der Waals surface area contributed by atoms with Crippen LogP contribution in [0.3, 0.4) is 0 Å². The first kappa shape index (κ1) is 15.6. The summed E-state index contributed by atoms with van der Waals surface area (Å²) in [6.45, 7) is 3.10. The lowest BCUT2D eigenvalue weighted by atomic mass is 10.1. The monoisotopic (exact) mass is 360 g/mol. The van der Waals surface area contributed by atoms with E-state index in [0.29, 0.717) is 6.61 Å². The molecule has 0 atom stereocenters. The van der Waals surface area contributed by atoms with Crippen LogP contribution in [0.2, 0.25) is 0 Å². The predicted molar refractivity (Wildman–Crippen MR) is 83.1 cm³/mol. The summed E-state index contributed by atoms with van der Waals surface area (Å²) in [4.78, 5) is 11.8. The molecule has 1 aromatic rings. The predicted octanol–water partition coefficient (Wildman–Crippen LogP) is 4.46.